The van der Waals surface area contributed by atoms with E-state index in [1.807, 2.05) is 13.8 Å². The van der Waals surface area contributed by atoms with Crippen LogP contribution in [0.15, 0.2) is 0 Å². The number of hydrogen-bond donors (Lipinski definition) is 0. The van der Waals surface area contributed by atoms with Crippen LogP contribution in [0.1, 0.15) is 87.0 Å². The molecule has 0 unspecified atom stereocenters. The van der Waals surface area contributed by atoms with Crippen molar-refractivity contribution >= 4 is 0 Å². The Bertz CT molecular complexity index is 107. The van der Waals surface area contributed by atoms with Crippen LogP contribution in [-0.2, 0) is 0 Å². The molecule has 1 rings (SSSR count). The second-order valence-corrected chi connectivity index (χ2v) is 5.14. The molecule has 0 spiro atoms. The molecule has 0 amide bonds. The minimum Gasteiger partial charge on any atom is -0.0683 e. The summed E-state index contributed by atoms with van der Waals surface area (Å²) in [6, 6.07) is 0. The molecule has 0 atom stereocenters. The van der Waals surface area contributed by atoms with E-state index < -0.39 is 0 Å². The van der Waals surface area contributed by atoms with Crippen molar-refractivity contribution < 1.29 is 0 Å². The van der Waals surface area contributed by atoms with Crippen LogP contribution >= 0.6 is 0 Å². The second-order valence-electron chi connectivity index (χ2n) is 5.14. The molecule has 0 aromatic carbocycles. The average molecular weight is 228 g/mol. The molecule has 0 saturated heterocycles. The van der Waals surface area contributed by atoms with E-state index in [-0.39, 0.29) is 0 Å². The molecule has 0 aromatic rings. The maximum absolute atomic E-state index is 2.37. The molecule has 0 N–H and O–H groups in total. The predicted molar refractivity (Wildman–Crippen MR) is 77.9 cm³/mol. The highest BCUT2D eigenvalue weighted by Crippen LogP contribution is 2.34. The summed E-state index contributed by atoms with van der Waals surface area (Å²) in [5.74, 6) is 3.02. The van der Waals surface area contributed by atoms with Gasteiger partial charge in [0.25, 0.3) is 0 Å². The molecule has 0 aliphatic heterocycles. The van der Waals surface area contributed by atoms with Crippen LogP contribution in [0.2, 0.25) is 0 Å². The van der Waals surface area contributed by atoms with E-state index in [0.29, 0.717) is 0 Å². The van der Waals surface area contributed by atoms with Gasteiger partial charge in [-0.2, -0.15) is 0 Å². The first kappa shape index (κ1) is 18.4. The van der Waals surface area contributed by atoms with Crippen molar-refractivity contribution in [2.45, 2.75) is 87.0 Å². The van der Waals surface area contributed by atoms with E-state index in [1.165, 1.54) is 38.5 Å². The van der Waals surface area contributed by atoms with Crippen molar-refractivity contribution in [1.82, 2.24) is 0 Å². The van der Waals surface area contributed by atoms with Gasteiger partial charge >= 0.3 is 0 Å². The SMILES string of the molecule is CC.CCC.CCC1CCC(C(C)C)CC1. The zero-order valence-corrected chi connectivity index (χ0v) is 13.0. The molecule has 1 aliphatic rings. The predicted octanol–water partition coefficient (Wildman–Crippen LogP) is 6.30. The monoisotopic (exact) mass is 228 g/mol. The van der Waals surface area contributed by atoms with E-state index in [4.69, 9.17) is 0 Å². The van der Waals surface area contributed by atoms with E-state index in [2.05, 4.69) is 34.6 Å². The van der Waals surface area contributed by atoms with Crippen LogP contribution < -0.4 is 0 Å². The van der Waals surface area contributed by atoms with E-state index in [9.17, 15) is 0 Å². The van der Waals surface area contributed by atoms with Crippen LogP contribution in [0.25, 0.3) is 0 Å². The van der Waals surface area contributed by atoms with E-state index in [1.54, 1.807) is 0 Å². The first-order valence-corrected chi connectivity index (χ1v) is 7.65. The molecule has 16 heavy (non-hydrogen) atoms. The highest BCUT2D eigenvalue weighted by atomic mass is 14.3. The molecule has 0 heterocycles. The fourth-order valence-electron chi connectivity index (χ4n) is 2.26. The summed E-state index contributed by atoms with van der Waals surface area (Å²) in [5, 5.41) is 0. The Kier molecular flexibility index (Phi) is 15.0. The van der Waals surface area contributed by atoms with Gasteiger partial charge in [-0.15, -0.1) is 0 Å². The molecule has 0 heteroatoms. The maximum atomic E-state index is 2.37. The van der Waals surface area contributed by atoms with Crippen LogP contribution in [0.3, 0.4) is 0 Å². The summed E-state index contributed by atoms with van der Waals surface area (Å²) >= 11 is 0. The fraction of sp³-hybridized carbons (Fsp3) is 1.00. The fourth-order valence-corrected chi connectivity index (χ4v) is 2.26. The summed E-state index contributed by atoms with van der Waals surface area (Å²) in [6.45, 7) is 15.3. The van der Waals surface area contributed by atoms with Gasteiger partial charge in [0.15, 0.2) is 0 Å². The molecule has 0 nitrogen and oxygen atoms in total. The minimum atomic E-state index is 0.924. The Morgan fingerprint density at radius 3 is 1.50 bits per heavy atom. The Labute approximate surface area is 105 Å². The largest absolute Gasteiger partial charge is 0.0683 e. The van der Waals surface area contributed by atoms with Crippen molar-refractivity contribution in [2.75, 3.05) is 0 Å². The standard InChI is InChI=1S/C11H22.C3H8.C2H6/c1-4-10-5-7-11(8-6-10)9(2)3;1-3-2;1-2/h9-11H,4-8H2,1-3H3;3H2,1-2H3;1-2H3. The third-order valence-electron chi connectivity index (χ3n) is 3.41. The van der Waals surface area contributed by atoms with E-state index >= 15 is 0 Å². The van der Waals surface area contributed by atoms with Crippen molar-refractivity contribution in [3.05, 3.63) is 0 Å². The number of rotatable bonds is 2. The Balaban J connectivity index is 0. The van der Waals surface area contributed by atoms with Gasteiger partial charge in [0.1, 0.15) is 0 Å². The van der Waals surface area contributed by atoms with Gasteiger partial charge < -0.3 is 0 Å². The molecule has 0 aromatic heterocycles. The lowest BCUT2D eigenvalue weighted by atomic mass is 9.76. The second kappa shape index (κ2) is 13.1. The summed E-state index contributed by atoms with van der Waals surface area (Å²) in [4.78, 5) is 0. The lowest BCUT2D eigenvalue weighted by molar-refractivity contribution is 0.221. The Hall–Kier alpha value is 0. The molecular weight excluding hydrogens is 192 g/mol. The first-order valence-electron chi connectivity index (χ1n) is 7.65. The van der Waals surface area contributed by atoms with Crippen LogP contribution in [-0.4, -0.2) is 0 Å². The zero-order chi connectivity index (χ0) is 13.0. The van der Waals surface area contributed by atoms with Gasteiger partial charge in [-0.1, -0.05) is 74.1 Å². The first-order chi connectivity index (χ1) is 7.65. The number of hydrogen-bond acceptors (Lipinski definition) is 0. The molecule has 1 fully saturated rings. The van der Waals surface area contributed by atoms with Crippen molar-refractivity contribution in [1.29, 1.82) is 0 Å². The summed E-state index contributed by atoms with van der Waals surface area (Å²) < 4.78 is 0. The summed E-state index contributed by atoms with van der Waals surface area (Å²) in [7, 11) is 0. The topological polar surface area (TPSA) is 0 Å². The highest BCUT2D eigenvalue weighted by molar-refractivity contribution is 4.73. The van der Waals surface area contributed by atoms with Gasteiger partial charge in [0.05, 0.1) is 0 Å². The van der Waals surface area contributed by atoms with Gasteiger partial charge in [-0.3, -0.25) is 0 Å². The van der Waals surface area contributed by atoms with Gasteiger partial charge in [-0.25, -0.2) is 0 Å². The molecule has 1 saturated carbocycles. The van der Waals surface area contributed by atoms with Crippen molar-refractivity contribution in [3.8, 4) is 0 Å². The van der Waals surface area contributed by atoms with Crippen LogP contribution in [0.5, 0.6) is 0 Å². The lowest BCUT2D eigenvalue weighted by Crippen LogP contribution is -2.17. The normalized spacial score (nSPS) is 24.0. The van der Waals surface area contributed by atoms with Gasteiger partial charge in [0, 0.05) is 0 Å². The van der Waals surface area contributed by atoms with Crippen molar-refractivity contribution in [3.63, 3.8) is 0 Å². The van der Waals surface area contributed by atoms with E-state index in [0.717, 1.165) is 17.8 Å². The van der Waals surface area contributed by atoms with Gasteiger partial charge in [0.2, 0.25) is 0 Å². The molecule has 1 aliphatic carbocycles. The van der Waals surface area contributed by atoms with Gasteiger partial charge in [-0.05, 0) is 30.6 Å². The molecular formula is C16H36. The zero-order valence-electron chi connectivity index (χ0n) is 13.0. The smallest absolute Gasteiger partial charge is 0.0391 e. The Morgan fingerprint density at radius 1 is 0.875 bits per heavy atom. The summed E-state index contributed by atoms with van der Waals surface area (Å²) in [5.41, 5.74) is 0. The third-order valence-corrected chi connectivity index (χ3v) is 3.41. The minimum absolute atomic E-state index is 0.924. The van der Waals surface area contributed by atoms with Crippen LogP contribution in [0.4, 0.5) is 0 Å². The molecule has 100 valence electrons. The Morgan fingerprint density at radius 2 is 1.25 bits per heavy atom. The maximum Gasteiger partial charge on any atom is -0.0391 e. The van der Waals surface area contributed by atoms with Crippen molar-refractivity contribution in [2.24, 2.45) is 17.8 Å². The third kappa shape index (κ3) is 9.24. The van der Waals surface area contributed by atoms with Crippen LogP contribution in [0, 0.1) is 17.8 Å². The highest BCUT2D eigenvalue weighted by Gasteiger charge is 2.21. The summed E-state index contributed by atoms with van der Waals surface area (Å²) in [6.07, 6.45) is 8.65. The quantitative estimate of drug-likeness (QED) is 0.520. The molecule has 0 radical (unpaired) electrons. The average Bonchev–Trinajstić information content (AvgIpc) is 2.33. The molecule has 0 bridgehead atoms. The lowest BCUT2D eigenvalue weighted by Gasteiger charge is -2.30.